The smallest absolute Gasteiger partial charge is 0.0319 e. The van der Waals surface area contributed by atoms with Crippen LogP contribution in [-0.4, -0.2) is 0 Å². The molecule has 0 radical (unpaired) electrons. The summed E-state index contributed by atoms with van der Waals surface area (Å²) in [4.78, 5) is 0. The van der Waals surface area contributed by atoms with Crippen molar-refractivity contribution in [1.29, 1.82) is 0 Å². The van der Waals surface area contributed by atoms with Gasteiger partial charge >= 0.3 is 0 Å². The Labute approximate surface area is 64.6 Å². The van der Waals surface area contributed by atoms with Crippen LogP contribution in [0.1, 0.15) is 33.1 Å². The van der Waals surface area contributed by atoms with E-state index in [1.807, 2.05) is 12.2 Å². The molecule has 0 heterocycles. The van der Waals surface area contributed by atoms with E-state index in [0.29, 0.717) is 0 Å². The molecule has 0 amide bonds. The summed E-state index contributed by atoms with van der Waals surface area (Å²) in [6.45, 7) is 8.11. The molecule has 0 aromatic rings. The lowest BCUT2D eigenvalue weighted by Crippen LogP contribution is -1.93. The predicted octanol–water partition coefficient (Wildman–Crippen LogP) is 3.55. The molecule has 58 valence electrons. The maximum Gasteiger partial charge on any atom is -0.0319 e. The quantitative estimate of drug-likeness (QED) is 0.510. The summed E-state index contributed by atoms with van der Waals surface area (Å²) in [5.74, 6) is 0.871. The molecule has 0 aromatic carbocycles. The zero-order chi connectivity index (χ0) is 7.82. The first-order valence-corrected chi connectivity index (χ1v) is 4.12. The van der Waals surface area contributed by atoms with Crippen molar-refractivity contribution in [3.8, 4) is 0 Å². The van der Waals surface area contributed by atoms with E-state index in [2.05, 4.69) is 26.5 Å². The van der Waals surface area contributed by atoms with Gasteiger partial charge in [0.2, 0.25) is 0 Å². The number of hydrogen-bond acceptors (Lipinski definition) is 0. The third-order valence-corrected chi connectivity index (χ3v) is 1.90. The molecule has 10 heavy (non-hydrogen) atoms. The molecule has 0 rings (SSSR count). The molecule has 0 N–H and O–H groups in total. The van der Waals surface area contributed by atoms with Crippen molar-refractivity contribution in [3.63, 3.8) is 0 Å². The van der Waals surface area contributed by atoms with Gasteiger partial charge in [-0.05, 0) is 12.3 Å². The molecule has 0 fully saturated rings. The van der Waals surface area contributed by atoms with E-state index in [1.165, 1.54) is 19.3 Å². The van der Waals surface area contributed by atoms with Crippen molar-refractivity contribution in [1.82, 2.24) is 0 Å². The molecule has 0 aromatic heterocycles. The Kier molecular flexibility index (Phi) is 6.25. The van der Waals surface area contributed by atoms with E-state index in [4.69, 9.17) is 0 Å². The first-order chi connectivity index (χ1) is 4.85. The summed E-state index contributed by atoms with van der Waals surface area (Å²) in [5, 5.41) is 0. The first-order valence-electron chi connectivity index (χ1n) is 4.12. The normalized spacial score (nSPS) is 11.1. The standard InChI is InChI=1S/C10H18/c1-4-7-8-9-10(5-2)6-3/h4,7-8,10H,1,5-6,9H2,2-3H3. The van der Waals surface area contributed by atoms with E-state index in [0.717, 1.165) is 5.92 Å². The van der Waals surface area contributed by atoms with Crippen LogP contribution in [0.2, 0.25) is 0 Å². The molecular formula is C10H18. The molecule has 0 nitrogen and oxygen atoms in total. The zero-order valence-electron chi connectivity index (χ0n) is 7.14. The highest BCUT2D eigenvalue weighted by Crippen LogP contribution is 2.12. The second-order valence-corrected chi connectivity index (χ2v) is 2.58. The molecule has 0 unspecified atom stereocenters. The van der Waals surface area contributed by atoms with Crippen molar-refractivity contribution in [2.75, 3.05) is 0 Å². The minimum absolute atomic E-state index is 0.871. The van der Waals surface area contributed by atoms with Gasteiger partial charge in [0.05, 0.1) is 0 Å². The van der Waals surface area contributed by atoms with E-state index in [-0.39, 0.29) is 0 Å². The number of hydrogen-bond donors (Lipinski definition) is 0. The van der Waals surface area contributed by atoms with Crippen molar-refractivity contribution < 1.29 is 0 Å². The maximum atomic E-state index is 3.62. The minimum atomic E-state index is 0.871. The van der Waals surface area contributed by atoms with Crippen LogP contribution in [0.4, 0.5) is 0 Å². The van der Waals surface area contributed by atoms with Crippen LogP contribution >= 0.6 is 0 Å². The van der Waals surface area contributed by atoms with Crippen molar-refractivity contribution in [3.05, 3.63) is 24.8 Å². The second kappa shape index (κ2) is 6.60. The highest BCUT2D eigenvalue weighted by Gasteiger charge is 1.97. The van der Waals surface area contributed by atoms with Gasteiger partial charge in [0.15, 0.2) is 0 Å². The van der Waals surface area contributed by atoms with Crippen LogP contribution in [-0.2, 0) is 0 Å². The Bertz CT molecular complexity index is 96.6. The number of allylic oxidation sites excluding steroid dienone is 3. The molecule has 0 spiro atoms. The molecule has 0 aliphatic rings. The van der Waals surface area contributed by atoms with Gasteiger partial charge in [-0.2, -0.15) is 0 Å². The number of rotatable bonds is 5. The largest absolute Gasteiger partial charge is 0.0991 e. The summed E-state index contributed by atoms with van der Waals surface area (Å²) >= 11 is 0. The van der Waals surface area contributed by atoms with Crippen molar-refractivity contribution in [2.24, 2.45) is 5.92 Å². The van der Waals surface area contributed by atoms with Crippen LogP contribution in [0.3, 0.4) is 0 Å². The van der Waals surface area contributed by atoms with Crippen LogP contribution in [0.5, 0.6) is 0 Å². The second-order valence-electron chi connectivity index (χ2n) is 2.58. The Hall–Kier alpha value is -0.520. The van der Waals surface area contributed by atoms with Crippen LogP contribution in [0.15, 0.2) is 24.8 Å². The van der Waals surface area contributed by atoms with Crippen molar-refractivity contribution >= 4 is 0 Å². The highest BCUT2D eigenvalue weighted by atomic mass is 14.0. The average Bonchev–Trinajstić information content (AvgIpc) is 1.99. The Balaban J connectivity index is 3.43. The van der Waals surface area contributed by atoms with Crippen LogP contribution in [0.25, 0.3) is 0 Å². The van der Waals surface area contributed by atoms with Gasteiger partial charge in [-0.3, -0.25) is 0 Å². The SMILES string of the molecule is C=CC=CCC(CC)CC. The lowest BCUT2D eigenvalue weighted by atomic mass is 9.99. The van der Waals surface area contributed by atoms with E-state index in [1.54, 1.807) is 0 Å². The first kappa shape index (κ1) is 9.48. The fraction of sp³-hybridized carbons (Fsp3) is 0.600. The summed E-state index contributed by atoms with van der Waals surface area (Å²) in [7, 11) is 0. The molecule has 0 atom stereocenters. The Morgan fingerprint density at radius 3 is 2.30 bits per heavy atom. The molecular weight excluding hydrogens is 120 g/mol. The third kappa shape index (κ3) is 4.37. The topological polar surface area (TPSA) is 0 Å². The highest BCUT2D eigenvalue weighted by molar-refractivity contribution is 4.97. The van der Waals surface area contributed by atoms with Crippen LogP contribution in [0, 0.1) is 5.92 Å². The molecule has 0 saturated carbocycles. The van der Waals surface area contributed by atoms with Crippen molar-refractivity contribution in [2.45, 2.75) is 33.1 Å². The lowest BCUT2D eigenvalue weighted by molar-refractivity contribution is 0.500. The van der Waals surface area contributed by atoms with Gasteiger partial charge in [-0.1, -0.05) is 51.5 Å². The van der Waals surface area contributed by atoms with Gasteiger partial charge in [-0.25, -0.2) is 0 Å². The van der Waals surface area contributed by atoms with E-state index < -0.39 is 0 Å². The third-order valence-electron chi connectivity index (χ3n) is 1.90. The molecule has 0 saturated heterocycles. The van der Waals surface area contributed by atoms with Gasteiger partial charge in [0.1, 0.15) is 0 Å². The van der Waals surface area contributed by atoms with Gasteiger partial charge in [0, 0.05) is 0 Å². The van der Waals surface area contributed by atoms with Crippen LogP contribution < -0.4 is 0 Å². The van der Waals surface area contributed by atoms with Gasteiger partial charge in [0.25, 0.3) is 0 Å². The molecule has 0 bridgehead atoms. The average molecular weight is 138 g/mol. The van der Waals surface area contributed by atoms with Gasteiger partial charge < -0.3 is 0 Å². The molecule has 0 heteroatoms. The zero-order valence-corrected chi connectivity index (χ0v) is 7.14. The fourth-order valence-corrected chi connectivity index (χ4v) is 0.989. The Morgan fingerprint density at radius 1 is 1.30 bits per heavy atom. The van der Waals surface area contributed by atoms with E-state index in [9.17, 15) is 0 Å². The van der Waals surface area contributed by atoms with E-state index >= 15 is 0 Å². The summed E-state index contributed by atoms with van der Waals surface area (Å²) in [6.07, 6.45) is 9.85. The van der Waals surface area contributed by atoms with Gasteiger partial charge in [-0.15, -0.1) is 0 Å². The Morgan fingerprint density at radius 2 is 1.90 bits per heavy atom. The minimum Gasteiger partial charge on any atom is -0.0991 e. The molecule has 0 aliphatic heterocycles. The summed E-state index contributed by atoms with van der Waals surface area (Å²) in [6, 6.07) is 0. The lowest BCUT2D eigenvalue weighted by Gasteiger charge is -2.06. The predicted molar refractivity (Wildman–Crippen MR) is 48.0 cm³/mol. The summed E-state index contributed by atoms with van der Waals surface area (Å²) in [5.41, 5.74) is 0. The molecule has 0 aliphatic carbocycles. The summed E-state index contributed by atoms with van der Waals surface area (Å²) < 4.78 is 0. The monoisotopic (exact) mass is 138 g/mol. The fourth-order valence-electron chi connectivity index (χ4n) is 0.989. The maximum absolute atomic E-state index is 3.62.